The van der Waals surface area contributed by atoms with Crippen molar-refractivity contribution in [1.29, 1.82) is 0 Å². The number of nitrogens with zero attached hydrogens (tertiary/aromatic N) is 1. The quantitative estimate of drug-likeness (QED) is 0.391. The Balaban J connectivity index is 1.89. The molecule has 0 aliphatic heterocycles. The van der Waals surface area contributed by atoms with Gasteiger partial charge in [-0.2, -0.15) is 0 Å². The number of fused-ring (bicyclic) bond motifs is 1. The lowest BCUT2D eigenvalue weighted by Crippen LogP contribution is -2.18. The van der Waals surface area contributed by atoms with Crippen LogP contribution >= 0.6 is 0 Å². The highest BCUT2D eigenvalue weighted by Crippen LogP contribution is 2.34. The van der Waals surface area contributed by atoms with Gasteiger partial charge < -0.3 is 0 Å². The molecule has 1 atom stereocenters. The van der Waals surface area contributed by atoms with E-state index in [0.29, 0.717) is 12.0 Å². The summed E-state index contributed by atoms with van der Waals surface area (Å²) in [5, 5.41) is 0.417. The molecule has 0 amide bonds. The first-order chi connectivity index (χ1) is 15.5. The molecule has 0 radical (unpaired) electrons. The van der Waals surface area contributed by atoms with Gasteiger partial charge in [-0.3, -0.25) is 4.98 Å². The molecule has 0 fully saturated rings. The molecule has 170 valence electrons. The summed E-state index contributed by atoms with van der Waals surface area (Å²) in [5.74, 6) is 0. The van der Waals surface area contributed by atoms with Gasteiger partial charge in [-0.05, 0) is 60.4 Å². The zero-order valence-electron chi connectivity index (χ0n) is 18.7. The summed E-state index contributed by atoms with van der Waals surface area (Å²) >= 11 is 0. The molecule has 0 aliphatic rings. The van der Waals surface area contributed by atoms with Crippen molar-refractivity contribution in [2.75, 3.05) is 12.5 Å². The van der Waals surface area contributed by atoms with Crippen molar-refractivity contribution in [3.05, 3.63) is 84.6 Å². The van der Waals surface area contributed by atoms with E-state index in [1.165, 1.54) is 12.5 Å². The smallest absolute Gasteiger partial charge is 0.176 e. The molecule has 3 aromatic carbocycles. The van der Waals surface area contributed by atoms with Gasteiger partial charge >= 0.3 is 0 Å². The van der Waals surface area contributed by atoms with Gasteiger partial charge in [-0.15, -0.1) is 0 Å². The van der Waals surface area contributed by atoms with E-state index < -0.39 is 24.9 Å². The second-order valence-corrected chi connectivity index (χ2v) is 12.9. The van der Waals surface area contributed by atoms with E-state index in [0.717, 1.165) is 33.2 Å². The maximum absolute atomic E-state index is 12.3. The van der Waals surface area contributed by atoms with Crippen LogP contribution in [0.1, 0.15) is 12.5 Å². The van der Waals surface area contributed by atoms with E-state index in [9.17, 15) is 16.8 Å². The summed E-state index contributed by atoms with van der Waals surface area (Å²) < 4.78 is 48.7. The summed E-state index contributed by atoms with van der Waals surface area (Å²) in [6.45, 7) is 1.71. The lowest BCUT2D eigenvalue weighted by Gasteiger charge is -2.14. The largest absolute Gasteiger partial charge is 0.256 e. The van der Waals surface area contributed by atoms with Gasteiger partial charge in [-0.1, -0.05) is 42.5 Å². The maximum atomic E-state index is 12.3. The Morgan fingerprint density at radius 3 is 2.18 bits per heavy atom. The summed E-state index contributed by atoms with van der Waals surface area (Å²) in [7, 11) is -6.56. The van der Waals surface area contributed by atoms with E-state index in [1.807, 2.05) is 54.6 Å². The highest BCUT2D eigenvalue weighted by molar-refractivity contribution is 7.91. The Morgan fingerprint density at radius 2 is 1.48 bits per heavy atom. The SMILES string of the molecule is CC(Cc1cc(-c2cccc(-c3ccccc3S(C)(=O)=O)c2)c2ncccc2c1)S(C)(=O)=O. The molecular weight excluding hydrogens is 454 g/mol. The Kier molecular flexibility index (Phi) is 6.12. The Labute approximate surface area is 195 Å². The van der Waals surface area contributed by atoms with Crippen LogP contribution in [0.2, 0.25) is 0 Å². The minimum atomic E-state index is -3.40. The molecule has 0 saturated heterocycles. The predicted octanol–water partition coefficient (Wildman–Crippen LogP) is 4.95. The Morgan fingerprint density at radius 1 is 0.788 bits per heavy atom. The molecule has 7 heteroatoms. The number of hydrogen-bond donors (Lipinski definition) is 0. The van der Waals surface area contributed by atoms with Crippen LogP contribution in [0, 0.1) is 0 Å². The Hall–Kier alpha value is -3.03. The average Bonchev–Trinajstić information content (AvgIpc) is 2.77. The van der Waals surface area contributed by atoms with Crippen LogP contribution in [0.25, 0.3) is 33.2 Å². The van der Waals surface area contributed by atoms with Crippen LogP contribution < -0.4 is 0 Å². The van der Waals surface area contributed by atoms with Crippen LogP contribution in [-0.4, -0.2) is 39.6 Å². The van der Waals surface area contributed by atoms with Crippen LogP contribution in [-0.2, 0) is 26.1 Å². The van der Waals surface area contributed by atoms with Crippen LogP contribution in [0.3, 0.4) is 0 Å². The monoisotopic (exact) mass is 479 g/mol. The summed E-state index contributed by atoms with van der Waals surface area (Å²) in [4.78, 5) is 4.85. The van der Waals surface area contributed by atoms with Crippen molar-refractivity contribution >= 4 is 30.6 Å². The Bertz CT molecular complexity index is 1560. The maximum Gasteiger partial charge on any atom is 0.176 e. The molecule has 0 N–H and O–H groups in total. The molecule has 4 aromatic rings. The molecule has 1 heterocycles. The fourth-order valence-corrected chi connectivity index (χ4v) is 5.36. The first-order valence-electron chi connectivity index (χ1n) is 10.5. The molecule has 1 unspecified atom stereocenters. The van der Waals surface area contributed by atoms with Crippen LogP contribution in [0.15, 0.2) is 83.9 Å². The third-order valence-electron chi connectivity index (χ3n) is 5.79. The number of benzene rings is 3. The first-order valence-corrected chi connectivity index (χ1v) is 14.3. The fourth-order valence-electron chi connectivity index (χ4n) is 3.96. The van der Waals surface area contributed by atoms with Gasteiger partial charge in [0.25, 0.3) is 0 Å². The molecule has 0 spiro atoms. The molecular formula is C26H25NO4S2. The molecule has 4 rings (SSSR count). The zero-order valence-corrected chi connectivity index (χ0v) is 20.3. The van der Waals surface area contributed by atoms with E-state index in [2.05, 4.69) is 4.98 Å². The van der Waals surface area contributed by atoms with Gasteiger partial charge in [0.2, 0.25) is 0 Å². The first kappa shape index (κ1) is 23.1. The van der Waals surface area contributed by atoms with E-state index >= 15 is 0 Å². The van der Waals surface area contributed by atoms with E-state index in [4.69, 9.17) is 0 Å². The topological polar surface area (TPSA) is 81.2 Å². The molecule has 1 aromatic heterocycles. The number of sulfone groups is 2. The number of hydrogen-bond acceptors (Lipinski definition) is 5. The van der Waals surface area contributed by atoms with Crippen molar-refractivity contribution in [1.82, 2.24) is 4.98 Å². The molecule has 0 bridgehead atoms. The van der Waals surface area contributed by atoms with Crippen molar-refractivity contribution in [3.8, 4) is 22.3 Å². The van der Waals surface area contributed by atoms with Crippen LogP contribution in [0.5, 0.6) is 0 Å². The highest BCUT2D eigenvalue weighted by atomic mass is 32.2. The fraction of sp³-hybridized carbons (Fsp3) is 0.192. The number of pyridine rings is 1. The van der Waals surface area contributed by atoms with Gasteiger partial charge in [0.1, 0.15) is 9.84 Å². The minimum Gasteiger partial charge on any atom is -0.256 e. The van der Waals surface area contributed by atoms with Gasteiger partial charge in [0.05, 0.1) is 15.7 Å². The summed E-state index contributed by atoms with van der Waals surface area (Å²) in [6.07, 6.45) is 4.59. The lowest BCUT2D eigenvalue weighted by atomic mass is 9.94. The van der Waals surface area contributed by atoms with Crippen molar-refractivity contribution < 1.29 is 16.8 Å². The standard InChI is InChI=1S/C26H25NO4S2/c1-18(32(2,28)29)14-19-15-22-10-7-13-27-26(22)24(16-19)21-9-6-8-20(17-21)23-11-4-5-12-25(23)33(3,30)31/h4-13,15-18H,14H2,1-3H3. The molecule has 5 nitrogen and oxygen atoms in total. The third-order valence-corrected chi connectivity index (χ3v) is 8.57. The van der Waals surface area contributed by atoms with E-state index in [-0.39, 0.29) is 4.90 Å². The summed E-state index contributed by atoms with van der Waals surface area (Å²) in [5.41, 5.74) is 4.90. The second kappa shape index (κ2) is 8.72. The van der Waals surface area contributed by atoms with Crippen molar-refractivity contribution in [2.45, 2.75) is 23.5 Å². The predicted molar refractivity (Wildman–Crippen MR) is 134 cm³/mol. The number of rotatable bonds is 6. The van der Waals surface area contributed by atoms with Crippen LogP contribution in [0.4, 0.5) is 0 Å². The number of aromatic nitrogens is 1. The second-order valence-electron chi connectivity index (χ2n) is 8.41. The van der Waals surface area contributed by atoms with Gasteiger partial charge in [0, 0.05) is 35.2 Å². The van der Waals surface area contributed by atoms with Gasteiger partial charge in [-0.25, -0.2) is 16.8 Å². The van der Waals surface area contributed by atoms with Crippen molar-refractivity contribution in [3.63, 3.8) is 0 Å². The third kappa shape index (κ3) is 4.99. The average molecular weight is 480 g/mol. The summed E-state index contributed by atoms with van der Waals surface area (Å²) in [6, 6.07) is 22.4. The molecule has 0 saturated carbocycles. The van der Waals surface area contributed by atoms with Gasteiger partial charge in [0.15, 0.2) is 9.84 Å². The highest BCUT2D eigenvalue weighted by Gasteiger charge is 2.18. The minimum absolute atomic E-state index is 0.279. The molecule has 33 heavy (non-hydrogen) atoms. The van der Waals surface area contributed by atoms with Crippen molar-refractivity contribution in [2.24, 2.45) is 0 Å². The van der Waals surface area contributed by atoms with E-state index in [1.54, 1.807) is 31.3 Å². The lowest BCUT2D eigenvalue weighted by molar-refractivity contribution is 0.588. The normalized spacial score (nSPS) is 13.2. The molecule has 0 aliphatic carbocycles. The zero-order chi connectivity index (χ0) is 23.8.